The van der Waals surface area contributed by atoms with Crippen molar-refractivity contribution in [1.82, 2.24) is 9.80 Å². The second-order valence-electron chi connectivity index (χ2n) is 4.24. The van der Waals surface area contributed by atoms with Crippen LogP contribution in [0.1, 0.15) is 24.6 Å². The Morgan fingerprint density at radius 3 is 2.81 bits per heavy atom. The third-order valence-corrected chi connectivity index (χ3v) is 3.80. The molecule has 2 amide bonds. The predicted molar refractivity (Wildman–Crippen MR) is 66.6 cm³/mol. The number of carbonyl (C=O) groups is 1. The largest absolute Gasteiger partial charge is 0.328 e. The van der Waals surface area contributed by atoms with Gasteiger partial charge in [-0.05, 0) is 31.2 Å². The van der Waals surface area contributed by atoms with Gasteiger partial charge in [0.2, 0.25) is 0 Å². The van der Waals surface area contributed by atoms with Gasteiger partial charge >= 0.3 is 6.03 Å². The molecule has 0 bridgehead atoms. The lowest BCUT2D eigenvalue weighted by molar-refractivity contribution is 0.159. The Bertz CT molecular complexity index is 346. The maximum absolute atomic E-state index is 12.1. The molecule has 3 nitrogen and oxygen atoms in total. The highest BCUT2D eigenvalue weighted by atomic mass is 32.1. The molecule has 0 N–H and O–H groups in total. The Morgan fingerprint density at radius 1 is 1.56 bits per heavy atom. The lowest BCUT2D eigenvalue weighted by Gasteiger charge is -2.27. The number of hydrogen-bond acceptors (Lipinski definition) is 2. The van der Waals surface area contributed by atoms with E-state index in [4.69, 9.17) is 0 Å². The molecule has 0 aromatic carbocycles. The van der Waals surface area contributed by atoms with Crippen molar-refractivity contribution < 1.29 is 4.79 Å². The van der Waals surface area contributed by atoms with Crippen LogP contribution in [0.2, 0.25) is 0 Å². The minimum Gasteiger partial charge on any atom is -0.328 e. The Morgan fingerprint density at radius 2 is 2.31 bits per heavy atom. The molecule has 1 heterocycles. The highest BCUT2D eigenvalue weighted by Crippen LogP contribution is 2.29. The van der Waals surface area contributed by atoms with Crippen LogP contribution in [-0.2, 0) is 6.54 Å². The highest BCUT2D eigenvalue weighted by Gasteiger charge is 2.33. The van der Waals surface area contributed by atoms with Gasteiger partial charge in [-0.1, -0.05) is 6.07 Å². The second-order valence-corrected chi connectivity index (χ2v) is 5.27. The standard InChI is InChI=1S/C12H18N2OS/c1-3-13(2)12(15)14(10-6-7-10)9-11-5-4-8-16-11/h4-5,8,10H,3,6-7,9H2,1-2H3. The third-order valence-electron chi connectivity index (χ3n) is 2.94. The van der Waals surface area contributed by atoms with Crippen molar-refractivity contribution in [2.45, 2.75) is 32.4 Å². The maximum Gasteiger partial charge on any atom is 0.320 e. The Kier molecular flexibility index (Phi) is 3.49. The number of nitrogens with zero attached hydrogens (tertiary/aromatic N) is 2. The summed E-state index contributed by atoms with van der Waals surface area (Å²) < 4.78 is 0. The van der Waals surface area contributed by atoms with E-state index in [-0.39, 0.29) is 6.03 Å². The van der Waals surface area contributed by atoms with E-state index in [0.717, 1.165) is 25.9 Å². The van der Waals surface area contributed by atoms with Crippen LogP contribution in [0.3, 0.4) is 0 Å². The predicted octanol–water partition coefficient (Wildman–Crippen LogP) is 2.78. The monoisotopic (exact) mass is 238 g/mol. The molecule has 1 aliphatic carbocycles. The van der Waals surface area contributed by atoms with Gasteiger partial charge in [-0.15, -0.1) is 11.3 Å². The van der Waals surface area contributed by atoms with Gasteiger partial charge in [0.1, 0.15) is 0 Å². The molecule has 88 valence electrons. The zero-order valence-electron chi connectivity index (χ0n) is 9.85. The maximum atomic E-state index is 12.1. The van der Waals surface area contributed by atoms with Crippen LogP contribution in [-0.4, -0.2) is 35.5 Å². The van der Waals surface area contributed by atoms with Gasteiger partial charge in [0.05, 0.1) is 6.54 Å². The van der Waals surface area contributed by atoms with Crippen LogP contribution in [0.15, 0.2) is 17.5 Å². The molecule has 2 rings (SSSR count). The van der Waals surface area contributed by atoms with Crippen molar-refractivity contribution in [1.29, 1.82) is 0 Å². The fraction of sp³-hybridized carbons (Fsp3) is 0.583. The number of urea groups is 1. The topological polar surface area (TPSA) is 23.6 Å². The van der Waals surface area contributed by atoms with Crippen LogP contribution in [0.25, 0.3) is 0 Å². The summed E-state index contributed by atoms with van der Waals surface area (Å²) in [6, 6.07) is 4.78. The summed E-state index contributed by atoms with van der Waals surface area (Å²) in [6.45, 7) is 3.55. The Labute approximate surface area is 101 Å². The average Bonchev–Trinajstić information content (AvgIpc) is 3.01. The van der Waals surface area contributed by atoms with Crippen molar-refractivity contribution in [3.8, 4) is 0 Å². The van der Waals surface area contributed by atoms with Crippen molar-refractivity contribution in [3.63, 3.8) is 0 Å². The fourth-order valence-corrected chi connectivity index (χ4v) is 2.37. The van der Waals surface area contributed by atoms with Crippen molar-refractivity contribution in [2.75, 3.05) is 13.6 Å². The molecule has 0 aliphatic heterocycles. The minimum atomic E-state index is 0.165. The lowest BCUT2D eigenvalue weighted by atomic mass is 10.4. The van der Waals surface area contributed by atoms with E-state index in [0.29, 0.717) is 6.04 Å². The van der Waals surface area contributed by atoms with E-state index in [1.807, 2.05) is 24.9 Å². The van der Waals surface area contributed by atoms with E-state index < -0.39 is 0 Å². The number of hydrogen-bond donors (Lipinski definition) is 0. The molecular weight excluding hydrogens is 220 g/mol. The first-order valence-corrected chi connectivity index (χ1v) is 6.64. The summed E-state index contributed by atoms with van der Waals surface area (Å²) in [5.74, 6) is 0. The van der Waals surface area contributed by atoms with Crippen LogP contribution in [0.4, 0.5) is 4.79 Å². The van der Waals surface area contributed by atoms with Crippen LogP contribution < -0.4 is 0 Å². The molecular formula is C12H18N2OS. The van der Waals surface area contributed by atoms with Gasteiger partial charge in [0, 0.05) is 24.5 Å². The molecule has 1 fully saturated rings. The zero-order chi connectivity index (χ0) is 11.5. The van der Waals surface area contributed by atoms with Gasteiger partial charge in [-0.25, -0.2) is 4.79 Å². The van der Waals surface area contributed by atoms with Crippen molar-refractivity contribution >= 4 is 17.4 Å². The SMILES string of the molecule is CCN(C)C(=O)N(Cc1cccs1)C1CC1. The first-order chi connectivity index (χ1) is 7.72. The molecule has 0 unspecified atom stereocenters. The first kappa shape index (κ1) is 11.5. The molecule has 0 atom stereocenters. The Hall–Kier alpha value is -1.03. The average molecular weight is 238 g/mol. The first-order valence-electron chi connectivity index (χ1n) is 5.76. The van der Waals surface area contributed by atoms with Gasteiger partial charge < -0.3 is 9.80 Å². The number of amides is 2. The molecule has 4 heteroatoms. The summed E-state index contributed by atoms with van der Waals surface area (Å²) in [5.41, 5.74) is 0. The van der Waals surface area contributed by atoms with Gasteiger partial charge in [-0.3, -0.25) is 0 Å². The van der Waals surface area contributed by atoms with Gasteiger partial charge in [0.15, 0.2) is 0 Å². The van der Waals surface area contributed by atoms with E-state index in [1.165, 1.54) is 4.88 Å². The smallest absolute Gasteiger partial charge is 0.320 e. The van der Waals surface area contributed by atoms with E-state index in [1.54, 1.807) is 16.2 Å². The normalized spacial score (nSPS) is 14.9. The number of thiophene rings is 1. The quantitative estimate of drug-likeness (QED) is 0.791. The summed E-state index contributed by atoms with van der Waals surface area (Å²) in [4.78, 5) is 17.2. The molecule has 0 saturated heterocycles. The van der Waals surface area contributed by atoms with E-state index in [2.05, 4.69) is 11.4 Å². The van der Waals surface area contributed by atoms with Crippen molar-refractivity contribution in [3.05, 3.63) is 22.4 Å². The van der Waals surface area contributed by atoms with Gasteiger partial charge in [0.25, 0.3) is 0 Å². The molecule has 1 aliphatic rings. The number of carbonyl (C=O) groups excluding carboxylic acids is 1. The molecule has 1 aromatic rings. The second kappa shape index (κ2) is 4.87. The highest BCUT2D eigenvalue weighted by molar-refractivity contribution is 7.09. The summed E-state index contributed by atoms with van der Waals surface area (Å²) in [7, 11) is 1.87. The Balaban J connectivity index is 2.02. The minimum absolute atomic E-state index is 0.165. The number of rotatable bonds is 4. The molecule has 1 aromatic heterocycles. The zero-order valence-corrected chi connectivity index (χ0v) is 10.7. The molecule has 0 spiro atoms. The van der Waals surface area contributed by atoms with Crippen LogP contribution in [0, 0.1) is 0 Å². The molecule has 16 heavy (non-hydrogen) atoms. The summed E-state index contributed by atoms with van der Waals surface area (Å²) in [6.07, 6.45) is 2.32. The molecule has 1 saturated carbocycles. The summed E-state index contributed by atoms with van der Waals surface area (Å²) in [5, 5.41) is 2.06. The van der Waals surface area contributed by atoms with Crippen LogP contribution >= 0.6 is 11.3 Å². The summed E-state index contributed by atoms with van der Waals surface area (Å²) >= 11 is 1.72. The van der Waals surface area contributed by atoms with Crippen molar-refractivity contribution in [2.24, 2.45) is 0 Å². The fourth-order valence-electron chi connectivity index (χ4n) is 1.66. The van der Waals surface area contributed by atoms with E-state index in [9.17, 15) is 4.79 Å². The third kappa shape index (κ3) is 2.55. The lowest BCUT2D eigenvalue weighted by Crippen LogP contribution is -2.41. The van der Waals surface area contributed by atoms with Crippen LogP contribution in [0.5, 0.6) is 0 Å². The molecule has 0 radical (unpaired) electrons. The van der Waals surface area contributed by atoms with E-state index >= 15 is 0 Å². The van der Waals surface area contributed by atoms with Gasteiger partial charge in [-0.2, -0.15) is 0 Å².